The molecule has 0 aliphatic heterocycles. The standard InChI is InChI=1S/C19H20N2O5S/c1-26-19(23)16-14-9-4-2-3-5-10-15(14)27-18(16)20-17(22)12-7-6-8-13(11-12)21(24)25/h6-8,11H,2-5,9-10H2,1H3,(H,20,22). The van der Waals surface area contributed by atoms with E-state index >= 15 is 0 Å². The summed E-state index contributed by atoms with van der Waals surface area (Å²) in [4.78, 5) is 36.5. The molecule has 1 aromatic carbocycles. The van der Waals surface area contributed by atoms with Gasteiger partial charge in [0.05, 0.1) is 17.6 Å². The Kier molecular flexibility index (Phi) is 5.85. The van der Waals surface area contributed by atoms with Crippen LogP contribution in [0.4, 0.5) is 10.7 Å². The highest BCUT2D eigenvalue weighted by Crippen LogP contribution is 2.37. The van der Waals surface area contributed by atoms with Crippen molar-refractivity contribution in [2.75, 3.05) is 12.4 Å². The molecule has 1 aromatic heterocycles. The summed E-state index contributed by atoms with van der Waals surface area (Å²) in [6.45, 7) is 0. The van der Waals surface area contributed by atoms with Crippen molar-refractivity contribution in [3.05, 3.63) is 55.9 Å². The van der Waals surface area contributed by atoms with Gasteiger partial charge in [-0.1, -0.05) is 18.9 Å². The van der Waals surface area contributed by atoms with E-state index in [0.29, 0.717) is 10.6 Å². The minimum atomic E-state index is -0.548. The fourth-order valence-corrected chi connectivity index (χ4v) is 4.53. The van der Waals surface area contributed by atoms with E-state index in [1.807, 2.05) is 0 Å². The van der Waals surface area contributed by atoms with Gasteiger partial charge in [0.25, 0.3) is 11.6 Å². The molecule has 3 rings (SSSR count). The number of nitrogens with zero attached hydrogens (tertiary/aromatic N) is 1. The van der Waals surface area contributed by atoms with E-state index in [4.69, 9.17) is 4.74 Å². The van der Waals surface area contributed by atoms with Gasteiger partial charge in [-0.15, -0.1) is 11.3 Å². The predicted molar refractivity (Wildman–Crippen MR) is 103 cm³/mol. The van der Waals surface area contributed by atoms with Gasteiger partial charge in [0.15, 0.2) is 0 Å². The van der Waals surface area contributed by atoms with E-state index in [1.165, 1.54) is 42.7 Å². The molecule has 0 bridgehead atoms. The van der Waals surface area contributed by atoms with Gasteiger partial charge in [-0.05, 0) is 37.3 Å². The molecule has 142 valence electrons. The summed E-state index contributed by atoms with van der Waals surface area (Å²) in [5.41, 5.74) is 1.38. The van der Waals surface area contributed by atoms with E-state index in [0.717, 1.165) is 49.0 Å². The Bertz CT molecular complexity index is 890. The van der Waals surface area contributed by atoms with Gasteiger partial charge in [0.1, 0.15) is 5.00 Å². The first-order valence-corrected chi connectivity index (χ1v) is 9.61. The number of aryl methyl sites for hydroxylation is 1. The zero-order valence-electron chi connectivity index (χ0n) is 14.9. The fraction of sp³-hybridized carbons (Fsp3) is 0.368. The van der Waals surface area contributed by atoms with Crippen molar-refractivity contribution in [1.29, 1.82) is 0 Å². The van der Waals surface area contributed by atoms with Crippen molar-refractivity contribution >= 4 is 33.9 Å². The SMILES string of the molecule is COC(=O)c1c(NC(=O)c2cccc([N+](=O)[O-])c2)sc2c1CCCCCC2. The topological polar surface area (TPSA) is 98.5 Å². The molecular formula is C19H20N2O5S. The van der Waals surface area contributed by atoms with Gasteiger partial charge in [-0.2, -0.15) is 0 Å². The smallest absolute Gasteiger partial charge is 0.341 e. The third kappa shape index (κ3) is 4.16. The minimum Gasteiger partial charge on any atom is -0.465 e. The second-order valence-corrected chi connectivity index (χ2v) is 7.48. The van der Waals surface area contributed by atoms with Crippen molar-refractivity contribution in [1.82, 2.24) is 0 Å². The van der Waals surface area contributed by atoms with Crippen molar-refractivity contribution < 1.29 is 19.2 Å². The molecule has 0 atom stereocenters. The lowest BCUT2D eigenvalue weighted by molar-refractivity contribution is -0.384. The number of fused-ring (bicyclic) bond motifs is 1. The van der Waals surface area contributed by atoms with Crippen LogP contribution >= 0.6 is 11.3 Å². The van der Waals surface area contributed by atoms with Crippen LogP contribution < -0.4 is 5.32 Å². The second kappa shape index (κ2) is 8.30. The summed E-state index contributed by atoms with van der Waals surface area (Å²) >= 11 is 1.40. The maximum Gasteiger partial charge on any atom is 0.341 e. The number of esters is 1. The summed E-state index contributed by atoms with van der Waals surface area (Å²) in [5.74, 6) is -0.958. The van der Waals surface area contributed by atoms with Crippen molar-refractivity contribution in [3.8, 4) is 0 Å². The molecule has 7 nitrogen and oxygen atoms in total. The first kappa shape index (κ1) is 19.0. The Labute approximate surface area is 160 Å². The van der Waals surface area contributed by atoms with Crippen LogP contribution in [0.25, 0.3) is 0 Å². The Balaban J connectivity index is 1.95. The van der Waals surface area contributed by atoms with Gasteiger partial charge in [0, 0.05) is 22.6 Å². The Morgan fingerprint density at radius 2 is 1.93 bits per heavy atom. The number of hydrogen-bond acceptors (Lipinski definition) is 6. The summed E-state index contributed by atoms with van der Waals surface area (Å²) in [5, 5.41) is 14.1. The summed E-state index contributed by atoms with van der Waals surface area (Å²) in [6.07, 6.45) is 5.96. The molecule has 1 heterocycles. The van der Waals surface area contributed by atoms with Crippen LogP contribution in [0.3, 0.4) is 0 Å². The number of nitro benzene ring substituents is 1. The largest absolute Gasteiger partial charge is 0.465 e. The van der Waals surface area contributed by atoms with Crippen LogP contribution in [-0.2, 0) is 17.6 Å². The highest BCUT2D eigenvalue weighted by Gasteiger charge is 2.26. The van der Waals surface area contributed by atoms with Gasteiger partial charge in [-0.25, -0.2) is 4.79 Å². The zero-order valence-corrected chi connectivity index (χ0v) is 15.8. The molecule has 0 spiro atoms. The van der Waals surface area contributed by atoms with Crippen molar-refractivity contribution in [2.45, 2.75) is 38.5 Å². The van der Waals surface area contributed by atoms with Gasteiger partial charge < -0.3 is 10.1 Å². The van der Waals surface area contributed by atoms with Crippen LogP contribution in [0.2, 0.25) is 0 Å². The Hall–Kier alpha value is -2.74. The molecule has 1 amide bonds. The first-order valence-electron chi connectivity index (χ1n) is 8.80. The number of hydrogen-bond donors (Lipinski definition) is 1. The quantitative estimate of drug-likeness (QED) is 0.477. The molecule has 0 fully saturated rings. The van der Waals surface area contributed by atoms with Crippen LogP contribution in [0, 0.1) is 10.1 Å². The van der Waals surface area contributed by atoms with E-state index in [2.05, 4.69) is 5.32 Å². The molecule has 2 aromatic rings. The number of nitrogens with one attached hydrogen (secondary N) is 1. The molecule has 0 radical (unpaired) electrons. The monoisotopic (exact) mass is 388 g/mol. The fourth-order valence-electron chi connectivity index (χ4n) is 3.26. The van der Waals surface area contributed by atoms with E-state index in [1.54, 1.807) is 0 Å². The van der Waals surface area contributed by atoms with Crippen molar-refractivity contribution in [3.63, 3.8) is 0 Å². The van der Waals surface area contributed by atoms with Crippen LogP contribution in [-0.4, -0.2) is 23.9 Å². The lowest BCUT2D eigenvalue weighted by Gasteiger charge is -2.11. The number of non-ortho nitro benzene ring substituents is 1. The highest BCUT2D eigenvalue weighted by atomic mass is 32.1. The summed E-state index contributed by atoms with van der Waals surface area (Å²) in [6, 6.07) is 5.51. The molecule has 1 aliphatic carbocycles. The van der Waals surface area contributed by atoms with Crippen molar-refractivity contribution in [2.24, 2.45) is 0 Å². The lowest BCUT2D eigenvalue weighted by atomic mass is 9.96. The number of carbonyl (C=O) groups excluding carboxylic acids is 2. The number of ether oxygens (including phenoxy) is 1. The zero-order chi connectivity index (χ0) is 19.4. The average molecular weight is 388 g/mol. The third-order valence-corrected chi connectivity index (χ3v) is 5.81. The molecule has 27 heavy (non-hydrogen) atoms. The Morgan fingerprint density at radius 1 is 1.19 bits per heavy atom. The van der Waals surface area contributed by atoms with E-state index < -0.39 is 16.8 Å². The predicted octanol–water partition coefficient (Wildman–Crippen LogP) is 4.35. The van der Waals surface area contributed by atoms with Crippen LogP contribution in [0.1, 0.15) is 56.8 Å². The number of rotatable bonds is 4. The number of carbonyl (C=O) groups is 2. The molecule has 1 aliphatic rings. The molecule has 0 unspecified atom stereocenters. The maximum absolute atomic E-state index is 12.6. The highest BCUT2D eigenvalue weighted by molar-refractivity contribution is 7.17. The summed E-state index contributed by atoms with van der Waals surface area (Å²) in [7, 11) is 1.32. The molecule has 1 N–H and O–H groups in total. The number of thiophene rings is 1. The van der Waals surface area contributed by atoms with E-state index in [-0.39, 0.29) is 11.3 Å². The van der Waals surface area contributed by atoms with Crippen LogP contribution in [0.5, 0.6) is 0 Å². The number of benzene rings is 1. The van der Waals surface area contributed by atoms with Gasteiger partial charge >= 0.3 is 5.97 Å². The number of anilines is 1. The van der Waals surface area contributed by atoms with Gasteiger partial charge in [-0.3, -0.25) is 14.9 Å². The Morgan fingerprint density at radius 3 is 2.63 bits per heavy atom. The maximum atomic E-state index is 12.6. The lowest BCUT2D eigenvalue weighted by Crippen LogP contribution is -2.15. The number of methoxy groups -OCH3 is 1. The number of amides is 1. The average Bonchev–Trinajstić information content (AvgIpc) is 2.97. The second-order valence-electron chi connectivity index (χ2n) is 6.38. The van der Waals surface area contributed by atoms with Gasteiger partial charge in [0.2, 0.25) is 0 Å². The molecule has 8 heteroatoms. The van der Waals surface area contributed by atoms with Crippen LogP contribution in [0.15, 0.2) is 24.3 Å². The summed E-state index contributed by atoms with van der Waals surface area (Å²) < 4.78 is 4.94. The first-order chi connectivity index (χ1) is 13.0. The molecule has 0 saturated heterocycles. The molecular weight excluding hydrogens is 368 g/mol. The van der Waals surface area contributed by atoms with E-state index in [9.17, 15) is 19.7 Å². The number of nitro groups is 1. The molecule has 0 saturated carbocycles. The minimum absolute atomic E-state index is 0.158. The third-order valence-electron chi connectivity index (χ3n) is 4.61. The normalized spacial score (nSPS) is 13.8.